The summed E-state index contributed by atoms with van der Waals surface area (Å²) < 4.78 is 13.9. The van der Waals surface area contributed by atoms with E-state index < -0.39 is 0 Å². The Morgan fingerprint density at radius 1 is 1.21 bits per heavy atom. The van der Waals surface area contributed by atoms with Crippen LogP contribution in [-0.2, 0) is 9.59 Å². The molecule has 252 valence electrons. The first-order chi connectivity index (χ1) is 22.3. The predicted molar refractivity (Wildman–Crippen MR) is 182 cm³/mol. The number of amides is 3. The van der Waals surface area contributed by atoms with Gasteiger partial charge in [0.1, 0.15) is 16.9 Å². The summed E-state index contributed by atoms with van der Waals surface area (Å²) in [5.74, 6) is 0.848. The Morgan fingerprint density at radius 3 is 2.68 bits per heavy atom. The van der Waals surface area contributed by atoms with Gasteiger partial charge in [0.25, 0.3) is 5.91 Å². The zero-order valence-electron chi connectivity index (χ0n) is 28.1. The van der Waals surface area contributed by atoms with E-state index in [0.29, 0.717) is 52.3 Å². The van der Waals surface area contributed by atoms with Crippen LogP contribution in [-0.4, -0.2) is 81.4 Å². The summed E-state index contributed by atoms with van der Waals surface area (Å²) in [5, 5.41) is 3.38. The lowest BCUT2D eigenvalue weighted by Crippen LogP contribution is -2.53. The first-order valence-electron chi connectivity index (χ1n) is 16.2. The van der Waals surface area contributed by atoms with Crippen molar-refractivity contribution in [3.8, 4) is 11.6 Å². The SMILES string of the molecule is C=CC(=O)N1CCCC[C@@H](n2c(NC(=O)c3ccnc(OC)c3)nc3ccc(O[C@@H]4CC(C)(C)[C@@H](N(C)C(C)=O)CC4C)c(Cl)c32)C1. The number of likely N-dealkylation sites (tertiary alicyclic amines) is 1. The van der Waals surface area contributed by atoms with Crippen molar-refractivity contribution in [2.24, 2.45) is 11.3 Å². The topological polar surface area (TPSA) is 119 Å². The maximum absolute atomic E-state index is 13.5. The molecule has 1 aliphatic carbocycles. The number of ether oxygens (including phenoxy) is 2. The molecule has 4 atom stereocenters. The van der Waals surface area contributed by atoms with E-state index in [-0.39, 0.29) is 47.2 Å². The molecule has 0 spiro atoms. The Kier molecular flexibility index (Phi) is 10.1. The van der Waals surface area contributed by atoms with Crippen molar-refractivity contribution in [1.29, 1.82) is 0 Å². The zero-order chi connectivity index (χ0) is 34.0. The molecule has 3 amide bonds. The van der Waals surface area contributed by atoms with Crippen molar-refractivity contribution >= 4 is 46.3 Å². The number of nitrogens with zero attached hydrogens (tertiary/aromatic N) is 5. The number of rotatable bonds is 8. The number of imidazole rings is 1. The second-order valence-electron chi connectivity index (χ2n) is 13.4. The number of benzene rings is 1. The number of aromatic nitrogens is 3. The highest BCUT2D eigenvalue weighted by atomic mass is 35.5. The van der Waals surface area contributed by atoms with Crippen molar-refractivity contribution < 1.29 is 23.9 Å². The molecule has 1 aliphatic heterocycles. The molecule has 2 aliphatic rings. The van der Waals surface area contributed by atoms with Gasteiger partial charge in [-0.05, 0) is 67.7 Å². The highest BCUT2D eigenvalue weighted by Gasteiger charge is 2.44. The molecule has 1 aromatic carbocycles. The van der Waals surface area contributed by atoms with Crippen LogP contribution in [0.4, 0.5) is 5.95 Å². The second-order valence-corrected chi connectivity index (χ2v) is 13.8. The Balaban J connectivity index is 1.54. The standard InChI is InChI=1S/C35H45ClN6O5/c1-8-30(44)41-16-10-9-11-24(20-41)42-32-25(38-34(42)39-33(45)23-14-15-37-29(18-23)46-7)12-13-26(31(32)36)47-27-19-35(4,5)28(17-21(27)2)40(6)22(3)43/h8,12-15,18,21,24,27-28H,1,9-11,16-17,19-20H2,2-7H3,(H,38,39,45)/t21?,24-,27-,28+/m1/s1. The van der Waals surface area contributed by atoms with Crippen molar-refractivity contribution in [3.05, 3.63) is 53.7 Å². The fraction of sp³-hybridized carbons (Fsp3) is 0.514. The minimum atomic E-state index is -0.383. The number of carbonyl (C=O) groups excluding carboxylic acids is 3. The second kappa shape index (κ2) is 13.9. The molecule has 3 aromatic rings. The molecule has 5 rings (SSSR count). The van der Waals surface area contributed by atoms with Crippen LogP contribution in [0.15, 0.2) is 43.1 Å². The number of hydrogen-bond donors (Lipinski definition) is 1. The van der Waals surface area contributed by atoms with Crippen LogP contribution in [0.2, 0.25) is 5.02 Å². The molecule has 1 unspecified atom stereocenters. The fourth-order valence-corrected chi connectivity index (χ4v) is 7.36. The third-order valence-electron chi connectivity index (χ3n) is 9.79. The quantitative estimate of drug-likeness (QED) is 0.288. The lowest BCUT2D eigenvalue weighted by molar-refractivity contribution is -0.135. The molecular weight excluding hydrogens is 620 g/mol. The minimum Gasteiger partial charge on any atom is -0.488 e. The maximum Gasteiger partial charge on any atom is 0.258 e. The molecule has 2 aromatic heterocycles. The van der Waals surface area contributed by atoms with Crippen LogP contribution in [0.1, 0.15) is 76.2 Å². The van der Waals surface area contributed by atoms with Gasteiger partial charge in [0.05, 0.1) is 24.2 Å². The normalized spacial score (nSPS) is 22.7. The molecule has 1 N–H and O–H groups in total. The molecule has 0 bridgehead atoms. The third kappa shape index (κ3) is 7.10. The van der Waals surface area contributed by atoms with E-state index in [0.717, 1.165) is 32.1 Å². The van der Waals surface area contributed by atoms with Gasteiger partial charge < -0.3 is 23.8 Å². The predicted octanol–water partition coefficient (Wildman–Crippen LogP) is 6.14. The van der Waals surface area contributed by atoms with E-state index in [1.165, 1.54) is 19.4 Å². The van der Waals surface area contributed by atoms with Gasteiger partial charge in [-0.2, -0.15) is 0 Å². The van der Waals surface area contributed by atoms with E-state index in [1.54, 1.807) is 24.0 Å². The van der Waals surface area contributed by atoms with Crippen LogP contribution in [0.25, 0.3) is 11.0 Å². The molecule has 0 radical (unpaired) electrons. The number of hydrogen-bond acceptors (Lipinski definition) is 7. The van der Waals surface area contributed by atoms with E-state index in [2.05, 4.69) is 37.7 Å². The van der Waals surface area contributed by atoms with Gasteiger partial charge in [-0.3, -0.25) is 19.7 Å². The van der Waals surface area contributed by atoms with Crippen LogP contribution < -0.4 is 14.8 Å². The number of methoxy groups -OCH3 is 1. The first-order valence-corrected chi connectivity index (χ1v) is 16.6. The lowest BCUT2D eigenvalue weighted by atomic mass is 9.67. The summed E-state index contributed by atoms with van der Waals surface area (Å²) in [5.41, 5.74) is 1.40. The van der Waals surface area contributed by atoms with E-state index in [9.17, 15) is 14.4 Å². The third-order valence-corrected chi connectivity index (χ3v) is 10.2. The number of nitrogens with one attached hydrogen (secondary N) is 1. The van der Waals surface area contributed by atoms with Crippen molar-refractivity contribution in [2.45, 2.75) is 78.0 Å². The summed E-state index contributed by atoms with van der Waals surface area (Å²) in [7, 11) is 3.36. The monoisotopic (exact) mass is 664 g/mol. The van der Waals surface area contributed by atoms with E-state index in [1.807, 2.05) is 28.6 Å². The molecular formula is C35H45ClN6O5. The van der Waals surface area contributed by atoms with Gasteiger partial charge in [0.15, 0.2) is 0 Å². The van der Waals surface area contributed by atoms with Crippen LogP contribution in [0.5, 0.6) is 11.6 Å². The molecule has 1 saturated carbocycles. The largest absolute Gasteiger partial charge is 0.488 e. The fourth-order valence-electron chi connectivity index (χ4n) is 7.06. The van der Waals surface area contributed by atoms with E-state index in [4.69, 9.17) is 26.1 Å². The van der Waals surface area contributed by atoms with Crippen LogP contribution in [0, 0.1) is 11.3 Å². The number of anilines is 1. The Morgan fingerprint density at radius 2 is 1.98 bits per heavy atom. The number of carbonyl (C=O) groups is 3. The highest BCUT2D eigenvalue weighted by Crippen LogP contribution is 2.45. The Hall–Kier alpha value is -4.12. The Labute approximate surface area is 281 Å². The molecule has 2 fully saturated rings. The van der Waals surface area contributed by atoms with Crippen LogP contribution >= 0.6 is 11.6 Å². The first kappa shape index (κ1) is 34.2. The maximum atomic E-state index is 13.5. The van der Waals surface area contributed by atoms with Crippen molar-refractivity contribution in [1.82, 2.24) is 24.3 Å². The number of fused-ring (bicyclic) bond motifs is 1. The molecule has 11 nitrogen and oxygen atoms in total. The van der Waals surface area contributed by atoms with Crippen LogP contribution in [0.3, 0.4) is 0 Å². The average Bonchev–Trinajstić information content (AvgIpc) is 3.23. The van der Waals surface area contributed by atoms with Gasteiger partial charge in [-0.15, -0.1) is 0 Å². The average molecular weight is 665 g/mol. The summed E-state index contributed by atoms with van der Waals surface area (Å²) in [4.78, 5) is 51.0. The number of halogens is 1. The van der Waals surface area contributed by atoms with Crippen molar-refractivity contribution in [3.63, 3.8) is 0 Å². The van der Waals surface area contributed by atoms with Gasteiger partial charge in [0, 0.05) is 50.9 Å². The zero-order valence-corrected chi connectivity index (χ0v) is 28.8. The summed E-state index contributed by atoms with van der Waals surface area (Å²) >= 11 is 7.23. The van der Waals surface area contributed by atoms with Gasteiger partial charge in [0.2, 0.25) is 23.6 Å². The molecule has 12 heteroatoms. The molecule has 1 saturated heterocycles. The smallest absolute Gasteiger partial charge is 0.258 e. The lowest BCUT2D eigenvalue weighted by Gasteiger charge is -2.48. The van der Waals surface area contributed by atoms with Gasteiger partial charge in [-0.1, -0.05) is 39.0 Å². The van der Waals surface area contributed by atoms with Crippen molar-refractivity contribution in [2.75, 3.05) is 32.6 Å². The van der Waals surface area contributed by atoms with E-state index >= 15 is 0 Å². The number of pyridine rings is 1. The van der Waals surface area contributed by atoms with Gasteiger partial charge in [-0.25, -0.2) is 9.97 Å². The molecule has 3 heterocycles. The summed E-state index contributed by atoms with van der Waals surface area (Å²) in [6.07, 6.45) is 6.72. The highest BCUT2D eigenvalue weighted by molar-refractivity contribution is 6.36. The Bertz CT molecular complexity index is 1670. The summed E-state index contributed by atoms with van der Waals surface area (Å²) in [6.45, 7) is 12.8. The van der Waals surface area contributed by atoms with Gasteiger partial charge >= 0.3 is 0 Å². The molecule has 47 heavy (non-hydrogen) atoms. The minimum absolute atomic E-state index is 0.0502. The summed E-state index contributed by atoms with van der Waals surface area (Å²) in [6, 6.07) is 6.71.